The molecule has 0 unspecified atom stereocenters. The Morgan fingerprint density at radius 3 is 2.21 bits per heavy atom. The molecule has 8 nitrogen and oxygen atoms in total. The fourth-order valence-electron chi connectivity index (χ4n) is 5.03. The number of primary amides is 1. The molecule has 1 rings (SSSR count). The molecule has 0 aliphatic carbocycles. The standard InChI is InChI=1S/C31H51NO7/c1-8-9-14-21(4)29(39-31(32)37)22(5)25(33)17-12-10-15-19(2)27(34)20(3)16-11-13-18-26-23(6)28(35)24(7)30(36)38-26/h8-11,14-16,19-29,33-35H,1,12-13,17-18H2,2-7H3,(H2,32,37)/b14-9-,15-10-,16-11-/t19-,20-,21-,22-,23+,24+,25+,26-,27+,28-,29-/m0/s1. The summed E-state index contributed by atoms with van der Waals surface area (Å²) in [5.41, 5.74) is 5.24. The summed E-state index contributed by atoms with van der Waals surface area (Å²) in [6.07, 6.45) is 11.8. The van der Waals surface area contributed by atoms with E-state index in [4.69, 9.17) is 15.2 Å². The van der Waals surface area contributed by atoms with Crippen LogP contribution in [-0.4, -0.2) is 57.9 Å². The highest BCUT2D eigenvalue weighted by atomic mass is 16.6. The highest BCUT2D eigenvalue weighted by Crippen LogP contribution is 2.29. The summed E-state index contributed by atoms with van der Waals surface area (Å²) in [5, 5.41) is 31.7. The van der Waals surface area contributed by atoms with Crippen LogP contribution in [0.2, 0.25) is 0 Å². The average molecular weight is 550 g/mol. The molecule has 1 aliphatic heterocycles. The molecular weight excluding hydrogens is 498 g/mol. The van der Waals surface area contributed by atoms with Crippen molar-refractivity contribution in [2.24, 2.45) is 41.2 Å². The summed E-state index contributed by atoms with van der Waals surface area (Å²) in [4.78, 5) is 23.3. The first kappa shape index (κ1) is 34.6. The number of cyclic esters (lactones) is 1. The van der Waals surface area contributed by atoms with E-state index in [1.54, 1.807) is 19.1 Å². The average Bonchev–Trinajstić information content (AvgIpc) is 2.90. The zero-order valence-corrected chi connectivity index (χ0v) is 24.5. The maximum atomic E-state index is 11.9. The molecule has 1 aliphatic rings. The molecule has 0 spiro atoms. The SMILES string of the molecule is C=C/C=C\[C@H](C)[C@H](OC(N)=O)[C@@H](C)[C@H](O)CC/C=C\[C@H](C)[C@@H](O)[C@@H](C)/C=C\CC[C@@H]1OC(=O)[C@H](C)[C@@H](O)[C@@H]1C. The molecule has 1 amide bonds. The Balaban J connectivity index is 2.52. The molecular formula is C31H51NO7. The maximum absolute atomic E-state index is 11.9. The lowest BCUT2D eigenvalue weighted by molar-refractivity contribution is -0.177. The second-order valence-electron chi connectivity index (χ2n) is 11.1. The van der Waals surface area contributed by atoms with Crippen molar-refractivity contribution in [1.82, 2.24) is 0 Å². The summed E-state index contributed by atoms with van der Waals surface area (Å²) in [6.45, 7) is 14.9. The number of allylic oxidation sites excluding steroid dienone is 4. The number of carbonyl (C=O) groups is 2. The van der Waals surface area contributed by atoms with Crippen LogP contribution in [0.3, 0.4) is 0 Å². The van der Waals surface area contributed by atoms with Crippen molar-refractivity contribution < 1.29 is 34.4 Å². The zero-order chi connectivity index (χ0) is 29.7. The van der Waals surface area contributed by atoms with Gasteiger partial charge in [0.2, 0.25) is 0 Å². The van der Waals surface area contributed by atoms with Crippen LogP contribution in [0.25, 0.3) is 0 Å². The van der Waals surface area contributed by atoms with E-state index >= 15 is 0 Å². The van der Waals surface area contributed by atoms with E-state index in [1.165, 1.54) is 0 Å². The number of aliphatic hydroxyl groups is 3. The Labute approximate surface area is 234 Å². The van der Waals surface area contributed by atoms with Gasteiger partial charge in [0.15, 0.2) is 0 Å². The van der Waals surface area contributed by atoms with Crippen LogP contribution < -0.4 is 5.73 Å². The van der Waals surface area contributed by atoms with Gasteiger partial charge in [-0.05, 0) is 32.6 Å². The highest BCUT2D eigenvalue weighted by Gasteiger charge is 2.39. The first-order valence-electron chi connectivity index (χ1n) is 14.1. The molecule has 222 valence electrons. The fourth-order valence-corrected chi connectivity index (χ4v) is 5.03. The summed E-state index contributed by atoms with van der Waals surface area (Å²) in [5.74, 6) is -1.60. The van der Waals surface area contributed by atoms with Crippen molar-refractivity contribution in [2.45, 2.75) is 97.7 Å². The number of aliphatic hydroxyl groups excluding tert-OH is 3. The summed E-state index contributed by atoms with van der Waals surface area (Å²) < 4.78 is 10.8. The number of rotatable bonds is 16. The first-order valence-corrected chi connectivity index (χ1v) is 14.1. The van der Waals surface area contributed by atoms with Crippen LogP contribution in [0.1, 0.15) is 67.2 Å². The number of hydrogen-bond donors (Lipinski definition) is 4. The van der Waals surface area contributed by atoms with Crippen LogP contribution >= 0.6 is 0 Å². The van der Waals surface area contributed by atoms with Gasteiger partial charge in [-0.25, -0.2) is 4.79 Å². The van der Waals surface area contributed by atoms with Crippen LogP contribution in [0, 0.1) is 35.5 Å². The number of amides is 1. The van der Waals surface area contributed by atoms with Gasteiger partial charge in [-0.3, -0.25) is 4.79 Å². The molecule has 39 heavy (non-hydrogen) atoms. The molecule has 1 fully saturated rings. The Morgan fingerprint density at radius 2 is 1.64 bits per heavy atom. The van der Waals surface area contributed by atoms with Gasteiger partial charge >= 0.3 is 12.1 Å². The maximum Gasteiger partial charge on any atom is 0.404 e. The minimum atomic E-state index is -0.871. The molecule has 0 aromatic heterocycles. The van der Waals surface area contributed by atoms with Crippen molar-refractivity contribution in [2.75, 3.05) is 0 Å². The molecule has 0 saturated carbocycles. The summed E-state index contributed by atoms with van der Waals surface area (Å²) >= 11 is 0. The van der Waals surface area contributed by atoms with Crippen molar-refractivity contribution in [1.29, 1.82) is 0 Å². The summed E-state index contributed by atoms with van der Waals surface area (Å²) in [6, 6.07) is 0. The zero-order valence-electron chi connectivity index (χ0n) is 24.5. The highest BCUT2D eigenvalue weighted by molar-refractivity contribution is 5.73. The van der Waals surface area contributed by atoms with Gasteiger partial charge in [0.25, 0.3) is 0 Å². The van der Waals surface area contributed by atoms with E-state index in [-0.39, 0.29) is 41.7 Å². The van der Waals surface area contributed by atoms with Crippen molar-refractivity contribution >= 4 is 12.1 Å². The number of carbonyl (C=O) groups excluding carboxylic acids is 2. The normalized spacial score (nSPS) is 27.6. The van der Waals surface area contributed by atoms with E-state index in [9.17, 15) is 24.9 Å². The van der Waals surface area contributed by atoms with Crippen LogP contribution in [-0.2, 0) is 14.3 Å². The van der Waals surface area contributed by atoms with Crippen LogP contribution in [0.4, 0.5) is 4.79 Å². The molecule has 1 heterocycles. The number of nitrogens with two attached hydrogens (primary N) is 1. The smallest absolute Gasteiger partial charge is 0.404 e. The Morgan fingerprint density at radius 1 is 1.05 bits per heavy atom. The van der Waals surface area contributed by atoms with Gasteiger partial charge in [0.1, 0.15) is 12.2 Å². The Hall–Kier alpha value is -2.42. The third kappa shape index (κ3) is 11.3. The van der Waals surface area contributed by atoms with E-state index < -0.39 is 36.4 Å². The summed E-state index contributed by atoms with van der Waals surface area (Å²) in [7, 11) is 0. The van der Waals surface area contributed by atoms with E-state index in [0.717, 1.165) is 0 Å². The van der Waals surface area contributed by atoms with Gasteiger partial charge in [0, 0.05) is 29.6 Å². The molecule has 0 aromatic rings. The fraction of sp³-hybridized carbons (Fsp3) is 0.677. The van der Waals surface area contributed by atoms with E-state index in [2.05, 4.69) is 6.58 Å². The third-order valence-corrected chi connectivity index (χ3v) is 7.93. The lowest BCUT2D eigenvalue weighted by Crippen LogP contribution is -2.46. The topological polar surface area (TPSA) is 139 Å². The molecule has 11 atom stereocenters. The van der Waals surface area contributed by atoms with Gasteiger partial charge in [-0.15, -0.1) is 0 Å². The lowest BCUT2D eigenvalue weighted by atomic mass is 9.84. The second-order valence-corrected chi connectivity index (χ2v) is 11.1. The predicted molar refractivity (Wildman–Crippen MR) is 153 cm³/mol. The number of hydrogen-bond acceptors (Lipinski definition) is 7. The minimum absolute atomic E-state index is 0.0796. The van der Waals surface area contributed by atoms with E-state index in [0.29, 0.717) is 25.7 Å². The van der Waals surface area contributed by atoms with E-state index in [1.807, 2.05) is 65.0 Å². The van der Waals surface area contributed by atoms with Gasteiger partial charge in [0.05, 0.1) is 24.2 Å². The van der Waals surface area contributed by atoms with Gasteiger partial charge in [-0.1, -0.05) is 83.7 Å². The third-order valence-electron chi connectivity index (χ3n) is 7.93. The quantitative estimate of drug-likeness (QED) is 0.124. The number of esters is 1. The molecule has 0 radical (unpaired) electrons. The van der Waals surface area contributed by atoms with Crippen LogP contribution in [0.5, 0.6) is 0 Å². The van der Waals surface area contributed by atoms with Gasteiger partial charge < -0.3 is 30.5 Å². The molecule has 8 heteroatoms. The van der Waals surface area contributed by atoms with Crippen molar-refractivity contribution in [3.8, 4) is 0 Å². The lowest BCUT2D eigenvalue weighted by Gasteiger charge is -2.36. The molecule has 1 saturated heterocycles. The minimum Gasteiger partial charge on any atom is -0.462 e. The monoisotopic (exact) mass is 549 g/mol. The Kier molecular flexibility index (Phi) is 15.4. The van der Waals surface area contributed by atoms with Crippen molar-refractivity contribution in [3.63, 3.8) is 0 Å². The molecule has 5 N–H and O–H groups in total. The van der Waals surface area contributed by atoms with Gasteiger partial charge in [-0.2, -0.15) is 0 Å². The molecule has 0 bridgehead atoms. The molecule has 0 aromatic carbocycles. The predicted octanol–water partition coefficient (Wildman–Crippen LogP) is 4.69. The number of ether oxygens (including phenoxy) is 2. The van der Waals surface area contributed by atoms with Crippen molar-refractivity contribution in [3.05, 3.63) is 49.1 Å². The van der Waals surface area contributed by atoms with Crippen LogP contribution in [0.15, 0.2) is 49.1 Å². The Bertz CT molecular complexity index is 854. The first-order chi connectivity index (χ1) is 18.3. The second kappa shape index (κ2) is 17.3. The largest absolute Gasteiger partial charge is 0.462 e.